The van der Waals surface area contributed by atoms with Crippen molar-refractivity contribution in [2.24, 2.45) is 5.96 Å². The third-order valence-electron chi connectivity index (χ3n) is 0. The molecule has 0 unspecified atom stereocenters. The number of nitrogens with two attached hydrogens (primary N) is 1. The Labute approximate surface area is 28.1 Å². The van der Waals surface area contributed by atoms with Gasteiger partial charge < -0.3 is 5.48 Å². The van der Waals surface area contributed by atoms with Gasteiger partial charge in [-0.1, -0.05) is 0 Å². The van der Waals surface area contributed by atoms with Crippen LogP contribution in [0, 0.1) is 0 Å². The second-order valence-electron chi connectivity index (χ2n) is 0. The summed E-state index contributed by atoms with van der Waals surface area (Å²) in [6.45, 7) is 0. The number of hydrogen-bond donors (Lipinski definition) is 1. The Bertz CT molecular complexity index is 8.00. The molecule has 0 saturated heterocycles. The maximum Gasteiger partial charge on any atom is -0.0149 e. The predicted octanol–water partition coefficient (Wildman–Crippen LogP) is -2.45. The second kappa shape index (κ2) is 2930. The van der Waals surface area contributed by atoms with Gasteiger partial charge in [-0.25, -0.2) is 0 Å². The Morgan fingerprint density at radius 1 is 1.25 bits per heavy atom. The van der Waals surface area contributed by atoms with Crippen molar-refractivity contribution in [1.29, 1.82) is 0 Å². The Morgan fingerprint density at radius 2 is 1.25 bits per heavy atom. The van der Waals surface area contributed by atoms with E-state index in [0.29, 0.717) is 0 Å². The van der Waals surface area contributed by atoms with Crippen LogP contribution in [0.5, 0.6) is 0 Å². The van der Waals surface area contributed by atoms with Gasteiger partial charge in [0, 0.05) is 0 Å². The van der Waals surface area contributed by atoms with Crippen molar-refractivity contribution in [3.05, 3.63) is 0 Å². The molecular weight excluding hydrogens is 77.1 g/mol. The van der Waals surface area contributed by atoms with Gasteiger partial charge in [0.1, 0.15) is 0 Å². The van der Waals surface area contributed by atoms with Crippen molar-refractivity contribution >= 4 is 11.0 Å². The van der Waals surface area contributed by atoms with Gasteiger partial charge in [0.15, 0.2) is 0 Å². The van der Waals surface area contributed by atoms with E-state index in [1.807, 2.05) is 0 Å². The van der Waals surface area contributed by atoms with Crippen molar-refractivity contribution in [2.75, 3.05) is 0 Å². The van der Waals surface area contributed by atoms with Crippen LogP contribution in [-0.4, -0.2) is 16.4 Å². The van der Waals surface area contributed by atoms with Crippen LogP contribution < -0.4 is 5.96 Å². The van der Waals surface area contributed by atoms with Crippen LogP contribution in [0.1, 0.15) is 0 Å². The molecule has 0 amide bonds. The summed E-state index contributed by atoms with van der Waals surface area (Å²) in [5, 5.41) is 0. The summed E-state index contributed by atoms with van der Waals surface area (Å²) in [7, 11) is 0. The van der Waals surface area contributed by atoms with Gasteiger partial charge in [0.25, 0.3) is 0 Å². The van der Waals surface area contributed by atoms with Crippen LogP contribution >= 0.6 is 0 Å². The molecule has 0 fully saturated rings. The molecule has 0 aliphatic heterocycles. The fraction of sp³-hybridized carbons (Fsp3) is 0. The van der Waals surface area contributed by atoms with Crippen molar-refractivity contribution in [3.63, 3.8) is 0 Å². The van der Waals surface area contributed by atoms with E-state index in [-0.39, 0.29) is 16.4 Å². The third-order valence-corrected chi connectivity index (χ3v) is 0. The van der Waals surface area contributed by atoms with Crippen LogP contribution in [-0.2, 0) is 0 Å². The molecule has 0 spiro atoms. The minimum Gasteiger partial charge on any atom is -0.412 e. The zero-order valence-corrected chi connectivity index (χ0v) is 1.46. The molecule has 0 aromatic heterocycles. The summed E-state index contributed by atoms with van der Waals surface area (Å²) >= 11 is 0. The van der Waals surface area contributed by atoms with Crippen molar-refractivity contribution in [2.45, 2.75) is 0 Å². The zero-order valence-electron chi connectivity index (χ0n) is 1.46. The lowest BCUT2D eigenvalue weighted by atomic mass is 13.8. The molecule has 0 aliphatic carbocycles. The van der Waals surface area contributed by atoms with Crippen LogP contribution in [0.25, 0.3) is 0 Å². The molecule has 30 valence electrons. The summed E-state index contributed by atoms with van der Waals surface area (Å²) in [5.41, 5.74) is 0. The molecule has 0 aromatic rings. The second-order valence-corrected chi connectivity index (χ2v) is 0. The highest BCUT2D eigenvalue weighted by Crippen LogP contribution is 0.933. The highest BCUT2D eigenvalue weighted by molar-refractivity contribution is 5.75. The maximum absolute atomic E-state index is 9.00. The van der Waals surface area contributed by atoms with E-state index in [1.54, 1.807) is 0 Å². The highest BCUT2D eigenvalue weighted by atomic mass is 28.1. The minimum atomic E-state index is 0. The lowest BCUT2D eigenvalue weighted by Crippen LogP contribution is -1.53. The van der Waals surface area contributed by atoms with Gasteiger partial charge in [0.05, 0.1) is 0 Å². The molecule has 0 saturated carbocycles. The normalized spacial score (nSPS) is 1.50. The number of rotatable bonds is 0. The van der Waals surface area contributed by atoms with Crippen LogP contribution in [0.2, 0.25) is 0 Å². The van der Waals surface area contributed by atoms with E-state index in [4.69, 9.17) is 4.48 Å². The van der Waals surface area contributed by atoms with Gasteiger partial charge >= 0.3 is 0 Å². The molecule has 2 nitrogen and oxygen atoms in total. The summed E-state index contributed by atoms with van der Waals surface area (Å²) < 4.78 is 9.00. The molecule has 4 heteroatoms. The van der Waals surface area contributed by atoms with E-state index in [0.717, 1.165) is 0 Å². The van der Waals surface area contributed by atoms with E-state index in [9.17, 15) is 0 Å². The quantitative estimate of drug-likeness (QED) is 0.258. The van der Waals surface area contributed by atoms with Crippen LogP contribution in [0.15, 0.2) is 0 Å². The molecule has 0 bridgehead atoms. The van der Waals surface area contributed by atoms with Crippen molar-refractivity contribution in [1.82, 2.24) is 0 Å². The topological polar surface area (TPSA) is 57.5 Å². The summed E-state index contributed by atoms with van der Waals surface area (Å²) in [6, 6.07) is 0. The molecule has 0 aliphatic rings. The van der Waals surface area contributed by atoms with Gasteiger partial charge in [-0.3, -0.25) is 0 Å². The summed E-state index contributed by atoms with van der Waals surface area (Å²) in [5.74, 6) is 3.00. The number of hydrogen-bond acceptors (Lipinski definition) is 1. The first-order valence-corrected chi connectivity index (χ1v) is 0.218. The molecule has 0 atom stereocenters. The fourth-order valence-corrected chi connectivity index (χ4v) is 0. The van der Waals surface area contributed by atoms with Crippen LogP contribution in [0.4, 0.5) is 4.48 Å². The third kappa shape index (κ3) is 526. The smallest absolute Gasteiger partial charge is 0.0149 e. The first kappa shape index (κ1) is 33.6. The highest BCUT2D eigenvalue weighted by Gasteiger charge is 0.844. The Hall–Kier alpha value is 0.0669. The van der Waals surface area contributed by atoms with E-state index in [2.05, 4.69) is 5.96 Å². The van der Waals surface area contributed by atoms with Crippen LogP contribution in [0.3, 0.4) is 0 Å². The molecule has 4 heavy (non-hydrogen) atoms. The largest absolute Gasteiger partial charge is 0.412 e. The lowest BCUT2D eigenvalue weighted by Gasteiger charge is -1.16. The average Bonchev–Trinajstić information content (AvgIpc) is 1.00. The van der Waals surface area contributed by atoms with E-state index in [1.165, 1.54) is 0 Å². The van der Waals surface area contributed by atoms with Gasteiger partial charge in [-0.15, -0.1) is 4.48 Å². The lowest BCUT2D eigenvalue weighted by molar-refractivity contribution is 0.530. The Kier molecular flexibility index (Phi) is 24600. The summed E-state index contributed by atoms with van der Waals surface area (Å²) in [6.07, 6.45) is 0. The van der Waals surface area contributed by atoms with Gasteiger partial charge in [0.2, 0.25) is 0 Å². The zero-order chi connectivity index (χ0) is 2.00. The molecule has 0 aromatic carbocycles. The standard InChI is InChI=1S/FH2N.H2O.H4Si/c1-2;;/h2H2;1H2;1H4. The van der Waals surface area contributed by atoms with Crippen molar-refractivity contribution < 1.29 is 9.96 Å². The Balaban J connectivity index is -0.00000000500. The number of halogens is 1. The van der Waals surface area contributed by atoms with E-state index < -0.39 is 0 Å². The molecule has 4 N–H and O–H groups in total. The monoisotopic (exact) mass is 85.0 g/mol. The Morgan fingerprint density at radius 3 is 1.25 bits per heavy atom. The molecule has 0 rings (SSSR count). The average molecular weight is 85.2 g/mol. The summed E-state index contributed by atoms with van der Waals surface area (Å²) in [4.78, 5) is 0. The minimum absolute atomic E-state index is 0. The molecule has 0 heterocycles. The fourth-order valence-electron chi connectivity index (χ4n) is 0. The SMILES string of the molecule is NF.O.[SiH4]. The maximum atomic E-state index is 9.00. The molecular formula is H8FNOSi. The van der Waals surface area contributed by atoms with E-state index >= 15 is 0 Å². The molecule has 0 radical (unpaired) electrons. The van der Waals surface area contributed by atoms with Gasteiger partial charge in [-0.2, -0.15) is 5.96 Å². The van der Waals surface area contributed by atoms with Crippen molar-refractivity contribution in [3.8, 4) is 0 Å². The predicted molar refractivity (Wildman–Crippen MR) is 20.2 cm³/mol. The first-order valence-electron chi connectivity index (χ1n) is 0.218. The first-order chi connectivity index (χ1) is 1.00. The van der Waals surface area contributed by atoms with Gasteiger partial charge in [-0.05, 0) is 11.0 Å².